The Morgan fingerprint density at radius 1 is 0.373 bits per heavy atom. The van der Waals surface area contributed by atoms with Gasteiger partial charge in [-0.05, 0) is 31.1 Å². The molecule has 0 unspecified atom stereocenters. The molecule has 0 aliphatic carbocycles. The Bertz CT molecular complexity index is 779. The van der Waals surface area contributed by atoms with Crippen LogP contribution in [0.5, 0.6) is 0 Å². The van der Waals surface area contributed by atoms with Crippen molar-refractivity contribution in [3.63, 3.8) is 0 Å². The molecule has 0 fully saturated rings. The van der Waals surface area contributed by atoms with Crippen LogP contribution in [0.2, 0.25) is 0 Å². The largest absolute Gasteiger partial charge is 0.462 e. The van der Waals surface area contributed by atoms with Gasteiger partial charge < -0.3 is 14.2 Å². The summed E-state index contributed by atoms with van der Waals surface area (Å²) in [5.41, 5.74) is 0. The van der Waals surface area contributed by atoms with Crippen LogP contribution in [0.3, 0.4) is 0 Å². The van der Waals surface area contributed by atoms with E-state index in [2.05, 4.69) is 34.6 Å². The van der Waals surface area contributed by atoms with Gasteiger partial charge in [0.1, 0.15) is 13.2 Å². The van der Waals surface area contributed by atoms with Crippen LogP contribution in [0.4, 0.5) is 0 Å². The first kappa shape index (κ1) is 49.4. The molecular formula is C45H86O6. The summed E-state index contributed by atoms with van der Waals surface area (Å²) in [6, 6.07) is 0. The summed E-state index contributed by atoms with van der Waals surface area (Å²) in [5.74, 6) is 0.738. The minimum Gasteiger partial charge on any atom is -0.462 e. The summed E-state index contributed by atoms with van der Waals surface area (Å²) in [6.45, 7) is 11.2. The minimum atomic E-state index is -0.758. The van der Waals surface area contributed by atoms with Crippen LogP contribution in [-0.2, 0) is 28.6 Å². The normalized spacial score (nSPS) is 12.1. The molecule has 0 aromatic heterocycles. The lowest BCUT2D eigenvalue weighted by atomic mass is 10.0. The molecule has 6 heteroatoms. The number of ether oxygens (including phenoxy) is 3. The third-order valence-corrected chi connectivity index (χ3v) is 9.97. The van der Waals surface area contributed by atoms with E-state index in [1.54, 1.807) is 0 Å². The lowest BCUT2D eigenvalue weighted by Crippen LogP contribution is -2.30. The fraction of sp³-hybridized carbons (Fsp3) is 0.933. The Kier molecular flexibility index (Phi) is 37.0. The van der Waals surface area contributed by atoms with Gasteiger partial charge in [0.15, 0.2) is 6.10 Å². The molecule has 0 amide bonds. The molecule has 0 saturated carbocycles. The average Bonchev–Trinajstić information content (AvgIpc) is 3.09. The summed E-state index contributed by atoms with van der Waals surface area (Å²) < 4.78 is 16.6. The fourth-order valence-corrected chi connectivity index (χ4v) is 6.58. The molecular weight excluding hydrogens is 636 g/mol. The number of carbonyl (C=O) groups is 3. The van der Waals surface area contributed by atoms with Crippen LogP contribution in [0.15, 0.2) is 0 Å². The Morgan fingerprint density at radius 2 is 0.647 bits per heavy atom. The second-order valence-corrected chi connectivity index (χ2v) is 16.3. The van der Waals surface area contributed by atoms with E-state index >= 15 is 0 Å². The van der Waals surface area contributed by atoms with E-state index in [1.807, 2.05) is 0 Å². The molecule has 302 valence electrons. The van der Waals surface area contributed by atoms with E-state index in [-0.39, 0.29) is 31.1 Å². The van der Waals surface area contributed by atoms with E-state index in [4.69, 9.17) is 14.2 Å². The number of unbranched alkanes of at least 4 members (excludes halogenated alkanes) is 24. The SMILES string of the molecule is CCCCCCCC(=O)OC[C@H](COC(=O)CCCCCCCCC(C)C)OC(=O)CCCCCCCCCCCCCCCCCCC(C)C. The molecule has 0 rings (SSSR count). The van der Waals surface area contributed by atoms with Crippen molar-refractivity contribution in [3.8, 4) is 0 Å². The molecule has 0 aromatic rings. The molecule has 0 aliphatic rings. The van der Waals surface area contributed by atoms with Gasteiger partial charge in [-0.25, -0.2) is 0 Å². The fourth-order valence-electron chi connectivity index (χ4n) is 6.58. The van der Waals surface area contributed by atoms with Crippen molar-refractivity contribution in [1.82, 2.24) is 0 Å². The third kappa shape index (κ3) is 39.5. The van der Waals surface area contributed by atoms with E-state index in [0.29, 0.717) is 19.3 Å². The van der Waals surface area contributed by atoms with Crippen molar-refractivity contribution in [3.05, 3.63) is 0 Å². The van der Waals surface area contributed by atoms with Gasteiger partial charge in [0, 0.05) is 19.3 Å². The molecule has 0 aliphatic heterocycles. The van der Waals surface area contributed by atoms with Gasteiger partial charge >= 0.3 is 17.9 Å². The van der Waals surface area contributed by atoms with Crippen molar-refractivity contribution in [1.29, 1.82) is 0 Å². The van der Waals surface area contributed by atoms with Crippen LogP contribution in [0.1, 0.15) is 240 Å². The van der Waals surface area contributed by atoms with E-state index in [9.17, 15) is 14.4 Å². The highest BCUT2D eigenvalue weighted by atomic mass is 16.6. The van der Waals surface area contributed by atoms with Crippen LogP contribution in [0.25, 0.3) is 0 Å². The van der Waals surface area contributed by atoms with Crippen LogP contribution >= 0.6 is 0 Å². The highest BCUT2D eigenvalue weighted by molar-refractivity contribution is 5.71. The number of hydrogen-bond acceptors (Lipinski definition) is 6. The van der Waals surface area contributed by atoms with Gasteiger partial charge in [0.25, 0.3) is 0 Å². The van der Waals surface area contributed by atoms with E-state index in [0.717, 1.165) is 76.0 Å². The monoisotopic (exact) mass is 723 g/mol. The van der Waals surface area contributed by atoms with E-state index < -0.39 is 6.10 Å². The first-order chi connectivity index (χ1) is 24.7. The molecule has 0 aromatic carbocycles. The number of hydrogen-bond donors (Lipinski definition) is 0. The second kappa shape index (κ2) is 38.1. The zero-order chi connectivity index (χ0) is 37.6. The first-order valence-electron chi connectivity index (χ1n) is 22.2. The third-order valence-electron chi connectivity index (χ3n) is 9.97. The lowest BCUT2D eigenvalue weighted by Gasteiger charge is -2.18. The molecule has 0 radical (unpaired) electrons. The van der Waals surface area contributed by atoms with Gasteiger partial charge in [-0.1, -0.05) is 202 Å². The smallest absolute Gasteiger partial charge is 0.306 e. The van der Waals surface area contributed by atoms with Crippen molar-refractivity contribution < 1.29 is 28.6 Å². The van der Waals surface area contributed by atoms with Gasteiger partial charge in [0.2, 0.25) is 0 Å². The molecule has 0 bridgehead atoms. The molecule has 0 spiro atoms. The van der Waals surface area contributed by atoms with Crippen LogP contribution in [-0.4, -0.2) is 37.2 Å². The number of carbonyl (C=O) groups excluding carboxylic acids is 3. The molecule has 1 atom stereocenters. The number of rotatable bonds is 39. The first-order valence-corrected chi connectivity index (χ1v) is 22.2. The molecule has 51 heavy (non-hydrogen) atoms. The predicted molar refractivity (Wildman–Crippen MR) is 215 cm³/mol. The Labute approximate surface area is 317 Å². The minimum absolute atomic E-state index is 0.0673. The maximum Gasteiger partial charge on any atom is 0.306 e. The number of esters is 3. The highest BCUT2D eigenvalue weighted by Crippen LogP contribution is 2.16. The summed E-state index contributed by atoms with van der Waals surface area (Å²) in [6.07, 6.45) is 35.7. The molecule has 6 nitrogen and oxygen atoms in total. The van der Waals surface area contributed by atoms with Gasteiger partial charge in [0.05, 0.1) is 0 Å². The Hall–Kier alpha value is -1.59. The van der Waals surface area contributed by atoms with Crippen LogP contribution in [0, 0.1) is 11.8 Å². The van der Waals surface area contributed by atoms with Crippen molar-refractivity contribution in [2.45, 2.75) is 246 Å². The maximum absolute atomic E-state index is 12.7. The quantitative estimate of drug-likeness (QED) is 0.0357. The van der Waals surface area contributed by atoms with Crippen molar-refractivity contribution in [2.24, 2.45) is 11.8 Å². The predicted octanol–water partition coefficient (Wildman–Crippen LogP) is 13.8. The molecule has 0 heterocycles. The molecule has 0 N–H and O–H groups in total. The summed E-state index contributed by atoms with van der Waals surface area (Å²) in [5, 5.41) is 0. The second-order valence-electron chi connectivity index (χ2n) is 16.3. The highest BCUT2D eigenvalue weighted by Gasteiger charge is 2.19. The zero-order valence-electron chi connectivity index (χ0n) is 34.7. The maximum atomic E-state index is 12.7. The zero-order valence-corrected chi connectivity index (χ0v) is 34.7. The Balaban J connectivity index is 4.12. The topological polar surface area (TPSA) is 78.9 Å². The van der Waals surface area contributed by atoms with Crippen molar-refractivity contribution in [2.75, 3.05) is 13.2 Å². The summed E-state index contributed by atoms with van der Waals surface area (Å²) >= 11 is 0. The van der Waals surface area contributed by atoms with Gasteiger partial charge in [-0.3, -0.25) is 14.4 Å². The Morgan fingerprint density at radius 3 is 0.961 bits per heavy atom. The lowest BCUT2D eigenvalue weighted by molar-refractivity contribution is -0.167. The summed E-state index contributed by atoms with van der Waals surface area (Å²) in [4.78, 5) is 37.3. The van der Waals surface area contributed by atoms with Gasteiger partial charge in [-0.15, -0.1) is 0 Å². The van der Waals surface area contributed by atoms with Gasteiger partial charge in [-0.2, -0.15) is 0 Å². The summed E-state index contributed by atoms with van der Waals surface area (Å²) in [7, 11) is 0. The standard InChI is InChI=1S/C45H86O6/c1-6-7-8-23-30-35-43(46)49-38-42(39-50-44(47)36-31-26-22-21-25-29-34-41(4)5)51-45(48)37-32-27-20-18-16-14-12-10-9-11-13-15-17-19-24-28-33-40(2)3/h40-42H,6-39H2,1-5H3/t42-/m1/s1. The van der Waals surface area contributed by atoms with Crippen LogP contribution < -0.4 is 0 Å². The van der Waals surface area contributed by atoms with Crippen molar-refractivity contribution >= 4 is 17.9 Å². The van der Waals surface area contributed by atoms with E-state index in [1.165, 1.54) is 122 Å². The molecule has 0 saturated heterocycles. The average molecular weight is 723 g/mol.